The Morgan fingerprint density at radius 3 is 2.85 bits per heavy atom. The fourth-order valence-electron chi connectivity index (χ4n) is 1.71. The maximum atomic E-state index is 13.5. The van der Waals surface area contributed by atoms with Gasteiger partial charge in [0.2, 0.25) is 0 Å². The van der Waals surface area contributed by atoms with Crippen LogP contribution in [-0.4, -0.2) is 11.5 Å². The van der Waals surface area contributed by atoms with E-state index in [9.17, 15) is 8.78 Å². The largest absolute Gasteiger partial charge is 0.486 e. The minimum absolute atomic E-state index is 0.0247. The van der Waals surface area contributed by atoms with E-state index in [4.69, 9.17) is 4.74 Å². The summed E-state index contributed by atoms with van der Waals surface area (Å²) in [7, 11) is 0. The fraction of sp³-hybridized carbons (Fsp3) is 0.267. The number of pyridine rings is 1. The summed E-state index contributed by atoms with van der Waals surface area (Å²) in [5.74, 6) is -0.591. The molecule has 1 heterocycles. The van der Waals surface area contributed by atoms with Crippen molar-refractivity contribution < 1.29 is 13.5 Å². The van der Waals surface area contributed by atoms with Gasteiger partial charge in [-0.05, 0) is 24.6 Å². The molecule has 2 aromatic rings. The molecule has 0 unspecified atom stereocenters. The van der Waals surface area contributed by atoms with Crippen LogP contribution in [0.25, 0.3) is 0 Å². The predicted octanol–water partition coefficient (Wildman–Crippen LogP) is 3.76. The topological polar surface area (TPSA) is 34.2 Å². The minimum Gasteiger partial charge on any atom is -0.486 e. The molecule has 0 atom stereocenters. The zero-order valence-corrected chi connectivity index (χ0v) is 11.2. The van der Waals surface area contributed by atoms with E-state index in [2.05, 4.69) is 17.2 Å². The lowest BCUT2D eigenvalue weighted by molar-refractivity contribution is 0.289. The molecule has 0 bridgehead atoms. The highest BCUT2D eigenvalue weighted by molar-refractivity contribution is 5.43. The third-order valence-electron chi connectivity index (χ3n) is 2.71. The van der Waals surface area contributed by atoms with Crippen molar-refractivity contribution in [3.63, 3.8) is 0 Å². The Morgan fingerprint density at radius 1 is 1.25 bits per heavy atom. The molecule has 0 spiro atoms. The number of anilines is 1. The molecule has 0 aliphatic rings. The van der Waals surface area contributed by atoms with Gasteiger partial charge in [-0.2, -0.15) is 0 Å². The van der Waals surface area contributed by atoms with E-state index in [0.717, 1.165) is 36.5 Å². The summed E-state index contributed by atoms with van der Waals surface area (Å²) < 4.78 is 31.6. The Balaban J connectivity index is 2.06. The van der Waals surface area contributed by atoms with Gasteiger partial charge in [-0.1, -0.05) is 13.0 Å². The number of nitrogens with one attached hydrogen (secondary N) is 1. The van der Waals surface area contributed by atoms with Gasteiger partial charge in [-0.25, -0.2) is 13.8 Å². The second kappa shape index (κ2) is 6.84. The van der Waals surface area contributed by atoms with Crippen molar-refractivity contribution >= 4 is 5.82 Å². The first-order valence-corrected chi connectivity index (χ1v) is 6.46. The number of hydrogen-bond acceptors (Lipinski definition) is 3. The number of ether oxygens (including phenoxy) is 1. The van der Waals surface area contributed by atoms with Crippen LogP contribution < -0.4 is 10.1 Å². The molecule has 0 aliphatic heterocycles. The highest BCUT2D eigenvalue weighted by Gasteiger charge is 2.07. The molecule has 20 heavy (non-hydrogen) atoms. The SMILES string of the molecule is CCCNc1ncccc1COc1ccc(F)cc1F. The number of benzene rings is 1. The Labute approximate surface area is 116 Å². The van der Waals surface area contributed by atoms with Gasteiger partial charge in [0, 0.05) is 24.4 Å². The third-order valence-corrected chi connectivity index (χ3v) is 2.71. The Morgan fingerprint density at radius 2 is 2.10 bits per heavy atom. The van der Waals surface area contributed by atoms with Crippen molar-refractivity contribution in [2.24, 2.45) is 0 Å². The van der Waals surface area contributed by atoms with E-state index in [0.29, 0.717) is 0 Å². The Bertz CT molecular complexity index is 576. The summed E-state index contributed by atoms with van der Waals surface area (Å²) in [6.45, 7) is 3.03. The summed E-state index contributed by atoms with van der Waals surface area (Å²) in [4.78, 5) is 4.22. The van der Waals surface area contributed by atoms with E-state index in [1.165, 1.54) is 6.07 Å². The van der Waals surface area contributed by atoms with Crippen LogP contribution >= 0.6 is 0 Å². The zero-order valence-electron chi connectivity index (χ0n) is 11.2. The van der Waals surface area contributed by atoms with Crippen LogP contribution in [0.5, 0.6) is 5.75 Å². The van der Waals surface area contributed by atoms with Gasteiger partial charge >= 0.3 is 0 Å². The number of hydrogen-bond donors (Lipinski definition) is 1. The van der Waals surface area contributed by atoms with Crippen LogP contribution in [0.15, 0.2) is 36.5 Å². The van der Waals surface area contributed by atoms with Crippen molar-refractivity contribution in [1.29, 1.82) is 0 Å². The van der Waals surface area contributed by atoms with Crippen LogP contribution in [0.3, 0.4) is 0 Å². The van der Waals surface area contributed by atoms with Crippen LogP contribution in [0, 0.1) is 11.6 Å². The van der Waals surface area contributed by atoms with Crippen LogP contribution in [-0.2, 0) is 6.61 Å². The molecule has 0 radical (unpaired) electrons. The minimum atomic E-state index is -0.711. The van der Waals surface area contributed by atoms with Gasteiger partial charge in [-0.3, -0.25) is 0 Å². The first-order valence-electron chi connectivity index (χ1n) is 6.46. The van der Waals surface area contributed by atoms with Crippen molar-refractivity contribution in [3.05, 3.63) is 53.7 Å². The van der Waals surface area contributed by atoms with E-state index in [-0.39, 0.29) is 12.4 Å². The first kappa shape index (κ1) is 14.2. The number of nitrogens with zero attached hydrogens (tertiary/aromatic N) is 1. The van der Waals surface area contributed by atoms with Gasteiger partial charge in [0.1, 0.15) is 18.2 Å². The lowest BCUT2D eigenvalue weighted by Crippen LogP contribution is -2.07. The van der Waals surface area contributed by atoms with Crippen molar-refractivity contribution in [1.82, 2.24) is 4.98 Å². The molecule has 1 aromatic carbocycles. The van der Waals surface area contributed by atoms with Crippen LogP contribution in [0.4, 0.5) is 14.6 Å². The number of rotatable bonds is 6. The van der Waals surface area contributed by atoms with Gasteiger partial charge in [0.15, 0.2) is 11.6 Å². The molecule has 0 saturated carbocycles. The maximum absolute atomic E-state index is 13.5. The van der Waals surface area contributed by atoms with Crippen molar-refractivity contribution in [2.45, 2.75) is 20.0 Å². The number of aromatic nitrogens is 1. The first-order chi connectivity index (χ1) is 9.70. The normalized spacial score (nSPS) is 10.3. The van der Waals surface area contributed by atoms with E-state index in [1.807, 2.05) is 6.07 Å². The van der Waals surface area contributed by atoms with Crippen LogP contribution in [0.1, 0.15) is 18.9 Å². The van der Waals surface area contributed by atoms with Gasteiger partial charge in [-0.15, -0.1) is 0 Å². The van der Waals surface area contributed by atoms with Gasteiger partial charge in [0.25, 0.3) is 0 Å². The monoisotopic (exact) mass is 278 g/mol. The summed E-state index contributed by atoms with van der Waals surface area (Å²) >= 11 is 0. The summed E-state index contributed by atoms with van der Waals surface area (Å²) in [6, 6.07) is 6.89. The molecule has 3 nitrogen and oxygen atoms in total. The molecule has 0 saturated heterocycles. The molecule has 1 N–H and O–H groups in total. The molecule has 0 fully saturated rings. The van der Waals surface area contributed by atoms with Gasteiger partial charge in [0.05, 0.1) is 0 Å². The second-order valence-corrected chi connectivity index (χ2v) is 4.30. The summed E-state index contributed by atoms with van der Waals surface area (Å²) in [5, 5.41) is 3.18. The number of halogens is 2. The van der Waals surface area contributed by atoms with Crippen molar-refractivity contribution in [2.75, 3.05) is 11.9 Å². The van der Waals surface area contributed by atoms with Crippen LogP contribution in [0.2, 0.25) is 0 Å². The van der Waals surface area contributed by atoms with E-state index < -0.39 is 11.6 Å². The average molecular weight is 278 g/mol. The molecule has 1 aromatic heterocycles. The van der Waals surface area contributed by atoms with Crippen molar-refractivity contribution in [3.8, 4) is 5.75 Å². The summed E-state index contributed by atoms with van der Waals surface area (Å²) in [5.41, 5.74) is 0.824. The fourth-order valence-corrected chi connectivity index (χ4v) is 1.71. The molecule has 106 valence electrons. The van der Waals surface area contributed by atoms with Gasteiger partial charge < -0.3 is 10.1 Å². The maximum Gasteiger partial charge on any atom is 0.167 e. The highest BCUT2D eigenvalue weighted by atomic mass is 19.1. The highest BCUT2D eigenvalue weighted by Crippen LogP contribution is 2.20. The molecule has 0 aliphatic carbocycles. The average Bonchev–Trinajstić information content (AvgIpc) is 2.45. The standard InChI is InChI=1S/C15H16F2N2O/c1-2-7-18-15-11(4-3-8-19-15)10-20-14-6-5-12(16)9-13(14)17/h3-6,8-9H,2,7,10H2,1H3,(H,18,19). The predicted molar refractivity (Wildman–Crippen MR) is 73.7 cm³/mol. The lowest BCUT2D eigenvalue weighted by atomic mass is 10.2. The van der Waals surface area contributed by atoms with E-state index >= 15 is 0 Å². The molecular formula is C15H16F2N2O. The smallest absolute Gasteiger partial charge is 0.167 e. The molecule has 5 heteroatoms. The zero-order chi connectivity index (χ0) is 14.4. The lowest BCUT2D eigenvalue weighted by Gasteiger charge is -2.11. The molecule has 0 amide bonds. The Kier molecular flexibility index (Phi) is 4.87. The van der Waals surface area contributed by atoms with E-state index in [1.54, 1.807) is 12.3 Å². The molecule has 2 rings (SSSR count). The third kappa shape index (κ3) is 3.66. The Hall–Kier alpha value is -2.17. The molecular weight excluding hydrogens is 262 g/mol. The quantitative estimate of drug-likeness (QED) is 0.873. The second-order valence-electron chi connectivity index (χ2n) is 4.30. The summed E-state index contributed by atoms with van der Waals surface area (Å²) in [6.07, 6.45) is 2.66.